The highest BCUT2D eigenvalue weighted by Crippen LogP contribution is 2.15. The molecule has 0 bridgehead atoms. The van der Waals surface area contributed by atoms with Crippen molar-refractivity contribution in [1.29, 1.82) is 0 Å². The molecule has 0 saturated carbocycles. The van der Waals surface area contributed by atoms with Crippen LogP contribution in [0.3, 0.4) is 0 Å². The summed E-state index contributed by atoms with van der Waals surface area (Å²) in [4.78, 5) is 11.6. The first kappa shape index (κ1) is 17.8. The second kappa shape index (κ2) is 8.81. The third kappa shape index (κ3) is 8.81. The van der Waals surface area contributed by atoms with E-state index in [9.17, 15) is 4.79 Å². The second-order valence-electron chi connectivity index (χ2n) is 5.65. The minimum absolute atomic E-state index is 0.119. The average molecular weight is 275 g/mol. The van der Waals surface area contributed by atoms with Crippen molar-refractivity contribution in [2.75, 3.05) is 18.1 Å². The molecule has 0 aliphatic heterocycles. The summed E-state index contributed by atoms with van der Waals surface area (Å²) in [5, 5.41) is 3.48. The normalized spacial score (nSPS) is 15.2. The van der Waals surface area contributed by atoms with Gasteiger partial charge in [0, 0.05) is 11.8 Å². The number of hydrogen-bond donors (Lipinski definition) is 1. The van der Waals surface area contributed by atoms with Crippen molar-refractivity contribution >= 4 is 17.7 Å². The summed E-state index contributed by atoms with van der Waals surface area (Å²) < 4.78 is 5.29. The van der Waals surface area contributed by atoms with Crippen LogP contribution in [0.2, 0.25) is 0 Å². The monoisotopic (exact) mass is 275 g/mol. The van der Waals surface area contributed by atoms with Crippen LogP contribution in [0.5, 0.6) is 0 Å². The van der Waals surface area contributed by atoms with Gasteiger partial charge in [0.1, 0.15) is 5.60 Å². The molecule has 18 heavy (non-hydrogen) atoms. The van der Waals surface area contributed by atoms with E-state index in [-0.39, 0.29) is 11.6 Å². The van der Waals surface area contributed by atoms with E-state index in [2.05, 4.69) is 26.1 Å². The smallest absolute Gasteiger partial charge is 0.316 e. The minimum Gasteiger partial charge on any atom is -0.459 e. The number of carbonyl (C=O) groups excluding carboxylic acids is 1. The molecule has 4 heteroatoms. The predicted molar refractivity (Wildman–Crippen MR) is 80.1 cm³/mol. The van der Waals surface area contributed by atoms with Crippen molar-refractivity contribution in [3.8, 4) is 0 Å². The molecule has 0 aromatic heterocycles. The van der Waals surface area contributed by atoms with E-state index >= 15 is 0 Å². The van der Waals surface area contributed by atoms with Crippen LogP contribution in [-0.4, -0.2) is 35.7 Å². The number of carbonyl (C=O) groups is 1. The van der Waals surface area contributed by atoms with Crippen molar-refractivity contribution in [1.82, 2.24) is 5.32 Å². The van der Waals surface area contributed by atoms with Crippen LogP contribution in [0.4, 0.5) is 0 Å². The molecule has 2 unspecified atom stereocenters. The van der Waals surface area contributed by atoms with Gasteiger partial charge in [-0.25, -0.2) is 0 Å². The summed E-state index contributed by atoms with van der Waals surface area (Å²) in [5.41, 5.74) is -0.380. The molecular weight excluding hydrogens is 246 g/mol. The maximum absolute atomic E-state index is 11.6. The summed E-state index contributed by atoms with van der Waals surface area (Å²) in [6.45, 7) is 13.2. The van der Waals surface area contributed by atoms with Crippen molar-refractivity contribution in [3.05, 3.63) is 0 Å². The second-order valence-corrected chi connectivity index (χ2v) is 6.68. The van der Waals surface area contributed by atoms with Gasteiger partial charge in [0.25, 0.3) is 0 Å². The zero-order valence-electron chi connectivity index (χ0n) is 12.7. The number of esters is 1. The molecule has 0 aromatic carbocycles. The van der Waals surface area contributed by atoms with E-state index in [1.165, 1.54) is 0 Å². The largest absolute Gasteiger partial charge is 0.459 e. The molecule has 0 aromatic rings. The lowest BCUT2D eigenvalue weighted by atomic mass is 10.0. The standard InChI is InChI=1S/C14H29NO2S/c1-7-11(3)12(15-8-2)9-18-10-13(16)17-14(4,5)6/h11-12,15H,7-10H2,1-6H3. The van der Waals surface area contributed by atoms with E-state index in [0.717, 1.165) is 18.7 Å². The molecule has 0 aliphatic rings. The van der Waals surface area contributed by atoms with E-state index in [4.69, 9.17) is 4.74 Å². The van der Waals surface area contributed by atoms with Gasteiger partial charge in [0.15, 0.2) is 0 Å². The fourth-order valence-electron chi connectivity index (χ4n) is 1.61. The Hall–Kier alpha value is -0.220. The van der Waals surface area contributed by atoms with Crippen molar-refractivity contribution in [2.24, 2.45) is 5.92 Å². The van der Waals surface area contributed by atoms with Gasteiger partial charge < -0.3 is 10.1 Å². The summed E-state index contributed by atoms with van der Waals surface area (Å²) >= 11 is 1.66. The highest BCUT2D eigenvalue weighted by molar-refractivity contribution is 7.99. The minimum atomic E-state index is -0.380. The highest BCUT2D eigenvalue weighted by atomic mass is 32.2. The first-order chi connectivity index (χ1) is 8.30. The fourth-order valence-corrected chi connectivity index (χ4v) is 2.66. The maximum Gasteiger partial charge on any atom is 0.316 e. The van der Waals surface area contributed by atoms with Gasteiger partial charge in [-0.1, -0.05) is 27.2 Å². The van der Waals surface area contributed by atoms with Gasteiger partial charge in [-0.3, -0.25) is 4.79 Å². The molecule has 3 nitrogen and oxygen atoms in total. The zero-order chi connectivity index (χ0) is 14.2. The molecule has 0 aliphatic carbocycles. The third-order valence-corrected chi connectivity index (χ3v) is 3.77. The first-order valence-corrected chi connectivity index (χ1v) is 7.98. The summed E-state index contributed by atoms with van der Waals surface area (Å²) in [6.07, 6.45) is 1.16. The lowest BCUT2D eigenvalue weighted by Crippen LogP contribution is -2.37. The van der Waals surface area contributed by atoms with Gasteiger partial charge >= 0.3 is 5.97 Å². The van der Waals surface area contributed by atoms with Gasteiger partial charge in [-0.05, 0) is 33.2 Å². The topological polar surface area (TPSA) is 38.3 Å². The molecule has 1 N–H and O–H groups in total. The van der Waals surface area contributed by atoms with Gasteiger partial charge in [0.05, 0.1) is 5.75 Å². The summed E-state index contributed by atoms with van der Waals surface area (Å²) in [6, 6.07) is 0.479. The summed E-state index contributed by atoms with van der Waals surface area (Å²) in [5.74, 6) is 1.92. The van der Waals surface area contributed by atoms with Crippen LogP contribution < -0.4 is 5.32 Å². The van der Waals surface area contributed by atoms with Gasteiger partial charge in [0.2, 0.25) is 0 Å². The SMILES string of the molecule is CCNC(CSCC(=O)OC(C)(C)C)C(C)CC. The number of ether oxygens (including phenoxy) is 1. The summed E-state index contributed by atoms with van der Waals surface area (Å²) in [7, 11) is 0. The first-order valence-electron chi connectivity index (χ1n) is 6.83. The Bertz CT molecular complexity index is 238. The molecule has 2 atom stereocenters. The molecule has 0 spiro atoms. The Morgan fingerprint density at radius 1 is 1.33 bits per heavy atom. The lowest BCUT2D eigenvalue weighted by molar-refractivity contribution is -0.151. The fraction of sp³-hybridized carbons (Fsp3) is 0.929. The van der Waals surface area contributed by atoms with Crippen LogP contribution in [-0.2, 0) is 9.53 Å². The van der Waals surface area contributed by atoms with Crippen LogP contribution in [0.25, 0.3) is 0 Å². The molecule has 108 valence electrons. The van der Waals surface area contributed by atoms with Crippen LogP contribution >= 0.6 is 11.8 Å². The number of nitrogens with one attached hydrogen (secondary N) is 1. The van der Waals surface area contributed by atoms with Gasteiger partial charge in [-0.15, -0.1) is 11.8 Å². The molecule has 0 heterocycles. The van der Waals surface area contributed by atoms with E-state index in [1.54, 1.807) is 11.8 Å². The molecule has 0 amide bonds. The molecule has 0 radical (unpaired) electrons. The zero-order valence-corrected chi connectivity index (χ0v) is 13.5. The average Bonchev–Trinajstić information content (AvgIpc) is 2.24. The van der Waals surface area contributed by atoms with E-state index in [0.29, 0.717) is 17.7 Å². The maximum atomic E-state index is 11.6. The van der Waals surface area contributed by atoms with E-state index < -0.39 is 0 Å². The van der Waals surface area contributed by atoms with Gasteiger partial charge in [-0.2, -0.15) is 0 Å². The Kier molecular flexibility index (Phi) is 8.70. The quantitative estimate of drug-likeness (QED) is 0.691. The highest BCUT2D eigenvalue weighted by Gasteiger charge is 2.18. The van der Waals surface area contributed by atoms with Crippen molar-refractivity contribution in [3.63, 3.8) is 0 Å². The Morgan fingerprint density at radius 2 is 1.94 bits per heavy atom. The Morgan fingerprint density at radius 3 is 2.39 bits per heavy atom. The number of rotatable bonds is 8. The van der Waals surface area contributed by atoms with E-state index in [1.807, 2.05) is 20.8 Å². The van der Waals surface area contributed by atoms with Crippen molar-refractivity contribution in [2.45, 2.75) is 59.6 Å². The van der Waals surface area contributed by atoms with Crippen LogP contribution in [0.1, 0.15) is 48.0 Å². The molecule has 0 rings (SSSR count). The number of thioether (sulfide) groups is 1. The molecular formula is C14H29NO2S. The van der Waals surface area contributed by atoms with Crippen molar-refractivity contribution < 1.29 is 9.53 Å². The molecule has 0 fully saturated rings. The van der Waals surface area contributed by atoms with Crippen LogP contribution in [0, 0.1) is 5.92 Å². The lowest BCUT2D eigenvalue weighted by Gasteiger charge is -2.24. The predicted octanol–water partition coefficient (Wildman–Crippen LogP) is 3.09. The Balaban J connectivity index is 3.95. The van der Waals surface area contributed by atoms with Crippen LogP contribution in [0.15, 0.2) is 0 Å². The number of hydrogen-bond acceptors (Lipinski definition) is 4. The third-order valence-electron chi connectivity index (χ3n) is 2.73. The Labute approximate surface area is 116 Å². The molecule has 0 saturated heterocycles.